The average molecular weight is 354 g/mol. The van der Waals surface area contributed by atoms with E-state index in [1.54, 1.807) is 23.0 Å². The van der Waals surface area contributed by atoms with Gasteiger partial charge in [-0.2, -0.15) is 5.10 Å². The van der Waals surface area contributed by atoms with Crippen LogP contribution in [-0.4, -0.2) is 20.8 Å². The predicted octanol–water partition coefficient (Wildman–Crippen LogP) is 4.01. The Morgan fingerprint density at radius 3 is 2.76 bits per heavy atom. The number of aromatic nitrogens is 2. The molecule has 6 heteroatoms. The number of nitrogens with zero attached hydrogens (tertiary/aromatic N) is 2. The van der Waals surface area contributed by atoms with Gasteiger partial charge in [-0.1, -0.05) is 29.8 Å². The quantitative estimate of drug-likeness (QED) is 0.731. The second kappa shape index (κ2) is 5.93. The molecule has 4 rings (SSSR count). The fraction of sp³-hybridized carbons (Fsp3) is 0.158. The summed E-state index contributed by atoms with van der Waals surface area (Å²) in [4.78, 5) is 12.3. The number of carbonyl (C=O) groups is 1. The van der Waals surface area contributed by atoms with E-state index < -0.39 is 0 Å². The molecule has 2 heterocycles. The van der Waals surface area contributed by atoms with Crippen LogP contribution in [0.3, 0.4) is 0 Å². The Kier molecular flexibility index (Phi) is 3.73. The number of aromatic hydroxyl groups is 1. The maximum atomic E-state index is 12.3. The molecule has 0 fully saturated rings. The molecule has 0 radical (unpaired) electrons. The minimum absolute atomic E-state index is 0.0630. The average Bonchev–Trinajstić information content (AvgIpc) is 3.01. The third-order valence-corrected chi connectivity index (χ3v) is 4.99. The van der Waals surface area contributed by atoms with Gasteiger partial charge in [0.2, 0.25) is 5.91 Å². The van der Waals surface area contributed by atoms with E-state index in [4.69, 9.17) is 11.6 Å². The lowest BCUT2D eigenvalue weighted by molar-refractivity contribution is -0.116. The summed E-state index contributed by atoms with van der Waals surface area (Å²) in [7, 11) is 0. The van der Waals surface area contributed by atoms with Crippen LogP contribution < -0.4 is 5.32 Å². The second-order valence-corrected chi connectivity index (χ2v) is 6.55. The molecule has 1 amide bonds. The van der Waals surface area contributed by atoms with Crippen molar-refractivity contribution in [2.45, 2.75) is 19.3 Å². The van der Waals surface area contributed by atoms with E-state index in [0.717, 1.165) is 22.4 Å². The Morgan fingerprint density at radius 1 is 1.24 bits per heavy atom. The Morgan fingerprint density at radius 2 is 2.00 bits per heavy atom. The maximum Gasteiger partial charge on any atom is 0.226 e. The summed E-state index contributed by atoms with van der Waals surface area (Å²) < 4.78 is 1.72. The summed E-state index contributed by atoms with van der Waals surface area (Å²) in [5.41, 5.74) is 3.65. The number of rotatable bonds is 2. The van der Waals surface area contributed by atoms with E-state index in [-0.39, 0.29) is 17.6 Å². The van der Waals surface area contributed by atoms with Crippen molar-refractivity contribution in [3.05, 3.63) is 70.4 Å². The Labute approximate surface area is 149 Å². The number of phenols is 1. The fourth-order valence-electron chi connectivity index (χ4n) is 3.23. The number of phenolic OH excluding ortho intramolecular Hbond substituents is 1. The minimum atomic E-state index is -0.0995. The molecule has 0 saturated heterocycles. The Bertz CT molecular complexity index is 963. The molecule has 5 nitrogen and oxygen atoms in total. The normalized spacial score (nSPS) is 16.4. The first-order valence-electron chi connectivity index (χ1n) is 7.97. The van der Waals surface area contributed by atoms with Gasteiger partial charge in [0.1, 0.15) is 11.6 Å². The molecule has 0 saturated carbocycles. The van der Waals surface area contributed by atoms with Crippen molar-refractivity contribution in [3.63, 3.8) is 0 Å². The lowest BCUT2D eigenvalue weighted by Gasteiger charge is -2.24. The van der Waals surface area contributed by atoms with E-state index in [9.17, 15) is 9.90 Å². The lowest BCUT2D eigenvalue weighted by Crippen LogP contribution is -2.24. The van der Waals surface area contributed by atoms with Crippen LogP contribution in [0.5, 0.6) is 5.75 Å². The minimum Gasteiger partial charge on any atom is -0.508 e. The summed E-state index contributed by atoms with van der Waals surface area (Å²) >= 11 is 6.23. The lowest BCUT2D eigenvalue weighted by atomic mass is 9.87. The summed E-state index contributed by atoms with van der Waals surface area (Å²) in [6.45, 7) is 1.92. The van der Waals surface area contributed by atoms with Crippen molar-refractivity contribution in [2.24, 2.45) is 0 Å². The molecule has 3 aromatic rings. The molecular formula is C19H16ClN3O2. The van der Waals surface area contributed by atoms with Gasteiger partial charge in [-0.3, -0.25) is 4.79 Å². The van der Waals surface area contributed by atoms with E-state index in [1.165, 1.54) is 0 Å². The van der Waals surface area contributed by atoms with Crippen molar-refractivity contribution < 1.29 is 9.90 Å². The fourth-order valence-corrected chi connectivity index (χ4v) is 3.40. The highest BCUT2D eigenvalue weighted by Gasteiger charge is 2.30. The molecule has 1 atom stereocenters. The molecule has 1 aliphatic heterocycles. The maximum absolute atomic E-state index is 12.3. The van der Waals surface area contributed by atoms with Gasteiger partial charge >= 0.3 is 0 Å². The van der Waals surface area contributed by atoms with Crippen molar-refractivity contribution in [3.8, 4) is 11.4 Å². The van der Waals surface area contributed by atoms with Crippen molar-refractivity contribution in [1.29, 1.82) is 0 Å². The number of hydrogen-bond acceptors (Lipinski definition) is 3. The standard InChI is InChI=1S/C19H16ClN3O2/c1-11-16(20)3-2-4-17(11)23-19-15(10-21-23)14(9-18(25)22-19)12-5-7-13(24)8-6-12/h2-8,10,14,24H,9H2,1H3,(H,22,25). The monoisotopic (exact) mass is 353 g/mol. The molecule has 25 heavy (non-hydrogen) atoms. The first-order chi connectivity index (χ1) is 12.0. The van der Waals surface area contributed by atoms with Crippen LogP contribution in [0.15, 0.2) is 48.7 Å². The molecule has 2 aromatic carbocycles. The largest absolute Gasteiger partial charge is 0.508 e. The smallest absolute Gasteiger partial charge is 0.226 e. The van der Waals surface area contributed by atoms with Crippen molar-refractivity contribution in [1.82, 2.24) is 9.78 Å². The van der Waals surface area contributed by atoms with Crippen LogP contribution in [0.2, 0.25) is 5.02 Å². The third kappa shape index (κ3) is 2.66. The molecule has 1 unspecified atom stereocenters. The first-order valence-corrected chi connectivity index (χ1v) is 8.34. The number of hydrogen-bond donors (Lipinski definition) is 2. The number of amides is 1. The van der Waals surface area contributed by atoms with Crippen LogP contribution in [0.25, 0.3) is 5.69 Å². The Hall–Kier alpha value is -2.79. The predicted molar refractivity (Wildman–Crippen MR) is 96.5 cm³/mol. The summed E-state index contributed by atoms with van der Waals surface area (Å²) in [5.74, 6) is 0.707. The number of anilines is 1. The SMILES string of the molecule is Cc1c(Cl)cccc1-n1ncc2c1NC(=O)CC2c1ccc(O)cc1. The molecule has 1 aromatic heterocycles. The zero-order valence-electron chi connectivity index (χ0n) is 13.5. The van der Waals surface area contributed by atoms with Crippen LogP contribution in [0.1, 0.15) is 29.0 Å². The molecule has 0 spiro atoms. The van der Waals surface area contributed by atoms with Gasteiger partial charge in [-0.15, -0.1) is 0 Å². The molecule has 126 valence electrons. The Balaban J connectivity index is 1.84. The van der Waals surface area contributed by atoms with Gasteiger partial charge in [-0.05, 0) is 42.3 Å². The number of fused-ring (bicyclic) bond motifs is 1. The van der Waals surface area contributed by atoms with Gasteiger partial charge in [0.15, 0.2) is 0 Å². The number of nitrogens with one attached hydrogen (secondary N) is 1. The number of benzene rings is 2. The highest BCUT2D eigenvalue weighted by atomic mass is 35.5. The highest BCUT2D eigenvalue weighted by molar-refractivity contribution is 6.31. The van der Waals surface area contributed by atoms with Crippen LogP contribution in [0, 0.1) is 6.92 Å². The summed E-state index contributed by atoms with van der Waals surface area (Å²) in [6, 6.07) is 12.6. The van der Waals surface area contributed by atoms with Crippen LogP contribution >= 0.6 is 11.6 Å². The third-order valence-electron chi connectivity index (χ3n) is 4.58. The van der Waals surface area contributed by atoms with Crippen LogP contribution in [0.4, 0.5) is 5.82 Å². The number of carbonyl (C=O) groups excluding carboxylic acids is 1. The van der Waals surface area contributed by atoms with Gasteiger partial charge in [0.05, 0.1) is 11.9 Å². The zero-order chi connectivity index (χ0) is 17.6. The van der Waals surface area contributed by atoms with E-state index >= 15 is 0 Å². The van der Waals surface area contributed by atoms with Crippen molar-refractivity contribution >= 4 is 23.3 Å². The molecule has 0 aliphatic carbocycles. The molecule has 2 N–H and O–H groups in total. The number of halogens is 1. The van der Waals surface area contributed by atoms with Crippen LogP contribution in [-0.2, 0) is 4.79 Å². The van der Waals surface area contributed by atoms with E-state index in [0.29, 0.717) is 17.3 Å². The molecular weight excluding hydrogens is 338 g/mol. The van der Waals surface area contributed by atoms with Crippen molar-refractivity contribution in [2.75, 3.05) is 5.32 Å². The van der Waals surface area contributed by atoms with Gasteiger partial charge in [0, 0.05) is 22.9 Å². The highest BCUT2D eigenvalue weighted by Crippen LogP contribution is 2.39. The topological polar surface area (TPSA) is 67.2 Å². The summed E-state index contributed by atoms with van der Waals surface area (Å²) in [5, 5.41) is 17.6. The second-order valence-electron chi connectivity index (χ2n) is 6.14. The molecule has 1 aliphatic rings. The van der Waals surface area contributed by atoms with E-state index in [2.05, 4.69) is 10.4 Å². The first kappa shape index (κ1) is 15.7. The molecule has 0 bridgehead atoms. The zero-order valence-corrected chi connectivity index (χ0v) is 14.3. The van der Waals surface area contributed by atoms with Gasteiger partial charge in [0.25, 0.3) is 0 Å². The van der Waals surface area contributed by atoms with Gasteiger partial charge < -0.3 is 10.4 Å². The summed E-state index contributed by atoms with van der Waals surface area (Å²) in [6.07, 6.45) is 2.13. The van der Waals surface area contributed by atoms with E-state index in [1.807, 2.05) is 37.3 Å². The van der Waals surface area contributed by atoms with Gasteiger partial charge in [-0.25, -0.2) is 4.68 Å².